The van der Waals surface area contributed by atoms with E-state index in [2.05, 4.69) is 53.4 Å². The van der Waals surface area contributed by atoms with Crippen LogP contribution >= 0.6 is 24.8 Å². The molecule has 0 aromatic heterocycles. The van der Waals surface area contributed by atoms with Gasteiger partial charge in [-0.1, -0.05) is 18.2 Å². The van der Waals surface area contributed by atoms with Crippen molar-refractivity contribution in [2.45, 2.75) is 32.4 Å². The van der Waals surface area contributed by atoms with Crippen LogP contribution in [0.5, 0.6) is 0 Å². The molecule has 4 nitrogen and oxygen atoms in total. The number of piperidine rings is 1. The molecule has 130 valence electrons. The fourth-order valence-electron chi connectivity index (χ4n) is 3.54. The second-order valence-electron chi connectivity index (χ2n) is 6.37. The van der Waals surface area contributed by atoms with Gasteiger partial charge >= 0.3 is 0 Å². The summed E-state index contributed by atoms with van der Waals surface area (Å²) < 4.78 is 0. The van der Waals surface area contributed by atoms with Gasteiger partial charge in [0.05, 0.1) is 5.92 Å². The van der Waals surface area contributed by atoms with Gasteiger partial charge in [0.25, 0.3) is 0 Å². The summed E-state index contributed by atoms with van der Waals surface area (Å²) in [6, 6.07) is 8.68. The fraction of sp³-hybridized carbons (Fsp3) is 0.588. The predicted molar refractivity (Wildman–Crippen MR) is 99.8 cm³/mol. The van der Waals surface area contributed by atoms with Gasteiger partial charge in [-0.05, 0) is 37.9 Å². The minimum atomic E-state index is 0. The maximum atomic E-state index is 12.9. The van der Waals surface area contributed by atoms with Gasteiger partial charge < -0.3 is 15.1 Å². The van der Waals surface area contributed by atoms with Crippen molar-refractivity contribution in [3.8, 4) is 0 Å². The number of anilines is 1. The first-order valence-electron chi connectivity index (χ1n) is 7.97. The van der Waals surface area contributed by atoms with E-state index >= 15 is 0 Å². The Morgan fingerprint density at radius 1 is 1.26 bits per heavy atom. The molecule has 0 bridgehead atoms. The summed E-state index contributed by atoms with van der Waals surface area (Å²) in [4.78, 5) is 17.3. The van der Waals surface area contributed by atoms with Crippen LogP contribution in [-0.2, 0) is 11.3 Å². The Labute approximate surface area is 151 Å². The van der Waals surface area contributed by atoms with Crippen LogP contribution in [0.2, 0.25) is 0 Å². The van der Waals surface area contributed by atoms with Crippen molar-refractivity contribution in [3.63, 3.8) is 0 Å². The number of carbonyl (C=O) groups is 1. The largest absolute Gasteiger partial charge is 0.372 e. The lowest BCUT2D eigenvalue weighted by Crippen LogP contribution is -2.48. The van der Waals surface area contributed by atoms with E-state index in [1.807, 2.05) is 0 Å². The molecule has 2 aliphatic heterocycles. The topological polar surface area (TPSA) is 35.6 Å². The highest BCUT2D eigenvalue weighted by atomic mass is 35.5. The van der Waals surface area contributed by atoms with Crippen molar-refractivity contribution in [1.29, 1.82) is 0 Å². The van der Waals surface area contributed by atoms with E-state index in [0.717, 1.165) is 39.0 Å². The van der Waals surface area contributed by atoms with E-state index in [1.54, 1.807) is 0 Å². The quantitative estimate of drug-likeness (QED) is 0.837. The minimum Gasteiger partial charge on any atom is -0.372 e. The molecule has 3 rings (SSSR count). The SMILES string of the molecule is CC1CN(C)c2ccccc2CN1C(=O)C1CCCNC1.Cl.Cl. The summed E-state index contributed by atoms with van der Waals surface area (Å²) in [5.74, 6) is 0.469. The fourth-order valence-corrected chi connectivity index (χ4v) is 3.54. The molecular weight excluding hydrogens is 333 g/mol. The molecular formula is C17H27Cl2N3O. The number of nitrogens with zero attached hydrogens (tertiary/aromatic N) is 2. The summed E-state index contributed by atoms with van der Waals surface area (Å²) in [5, 5.41) is 3.36. The normalized spacial score (nSPS) is 23.9. The first-order valence-corrected chi connectivity index (χ1v) is 7.97. The Bertz CT molecular complexity index is 520. The minimum absolute atomic E-state index is 0. The number of likely N-dealkylation sites (N-methyl/N-ethyl adjacent to an activating group) is 1. The molecule has 1 fully saturated rings. The van der Waals surface area contributed by atoms with Crippen molar-refractivity contribution < 1.29 is 4.79 Å². The number of halogens is 2. The Balaban J connectivity index is 0.00000132. The molecule has 0 saturated carbocycles. The summed E-state index contributed by atoms with van der Waals surface area (Å²) in [5.41, 5.74) is 2.50. The van der Waals surface area contributed by atoms with Crippen LogP contribution < -0.4 is 10.2 Å². The van der Waals surface area contributed by atoms with Gasteiger partial charge in [-0.25, -0.2) is 0 Å². The molecule has 1 amide bonds. The highest BCUT2D eigenvalue weighted by Crippen LogP contribution is 2.27. The molecule has 0 radical (unpaired) electrons. The number of amides is 1. The van der Waals surface area contributed by atoms with E-state index in [-0.39, 0.29) is 36.8 Å². The number of para-hydroxylation sites is 1. The average molecular weight is 360 g/mol. The Morgan fingerprint density at radius 3 is 2.70 bits per heavy atom. The predicted octanol–water partition coefficient (Wildman–Crippen LogP) is 2.70. The Morgan fingerprint density at radius 2 is 2.00 bits per heavy atom. The average Bonchev–Trinajstić information content (AvgIpc) is 2.64. The number of carbonyl (C=O) groups excluding carboxylic acids is 1. The van der Waals surface area contributed by atoms with Gasteiger partial charge in [0, 0.05) is 38.4 Å². The van der Waals surface area contributed by atoms with E-state index < -0.39 is 0 Å². The molecule has 2 aliphatic rings. The molecule has 2 atom stereocenters. The number of rotatable bonds is 1. The lowest BCUT2D eigenvalue weighted by Gasteiger charge is -2.33. The monoisotopic (exact) mass is 359 g/mol. The third kappa shape index (κ3) is 4.31. The number of nitrogens with one attached hydrogen (secondary N) is 1. The molecule has 1 N–H and O–H groups in total. The van der Waals surface area contributed by atoms with Crippen LogP contribution in [0.1, 0.15) is 25.3 Å². The molecule has 0 spiro atoms. The van der Waals surface area contributed by atoms with Crippen molar-refractivity contribution >= 4 is 36.4 Å². The molecule has 2 unspecified atom stereocenters. The van der Waals surface area contributed by atoms with Gasteiger partial charge in [0.2, 0.25) is 5.91 Å². The molecule has 23 heavy (non-hydrogen) atoms. The summed E-state index contributed by atoms with van der Waals surface area (Å²) in [6.45, 7) is 5.67. The van der Waals surface area contributed by atoms with Crippen LogP contribution in [0.3, 0.4) is 0 Å². The first kappa shape index (κ1) is 20.1. The van der Waals surface area contributed by atoms with E-state index in [4.69, 9.17) is 0 Å². The summed E-state index contributed by atoms with van der Waals surface area (Å²) >= 11 is 0. The zero-order chi connectivity index (χ0) is 14.8. The van der Waals surface area contributed by atoms with Crippen LogP contribution in [0, 0.1) is 5.92 Å². The molecule has 0 aliphatic carbocycles. The zero-order valence-corrected chi connectivity index (χ0v) is 15.5. The van der Waals surface area contributed by atoms with Crippen LogP contribution in [0.4, 0.5) is 5.69 Å². The maximum Gasteiger partial charge on any atom is 0.227 e. The van der Waals surface area contributed by atoms with Crippen LogP contribution in [0.15, 0.2) is 24.3 Å². The smallest absolute Gasteiger partial charge is 0.227 e. The molecule has 1 aromatic rings. The lowest BCUT2D eigenvalue weighted by atomic mass is 9.97. The van der Waals surface area contributed by atoms with Crippen molar-refractivity contribution in [1.82, 2.24) is 10.2 Å². The molecule has 1 saturated heterocycles. The van der Waals surface area contributed by atoms with E-state index in [1.165, 1.54) is 11.3 Å². The standard InChI is InChI=1S/C17H25N3O.2ClH/c1-13-11-19(2)16-8-4-3-6-15(16)12-20(13)17(21)14-7-5-9-18-10-14;;/h3-4,6,8,13-14,18H,5,7,9-12H2,1-2H3;2*1H. The third-order valence-corrected chi connectivity index (χ3v) is 4.74. The lowest BCUT2D eigenvalue weighted by molar-refractivity contribution is -0.138. The van der Waals surface area contributed by atoms with Crippen molar-refractivity contribution in [2.24, 2.45) is 5.92 Å². The van der Waals surface area contributed by atoms with Gasteiger partial charge in [0.15, 0.2) is 0 Å². The van der Waals surface area contributed by atoms with Crippen LogP contribution in [-0.4, -0.2) is 43.5 Å². The second-order valence-corrected chi connectivity index (χ2v) is 6.37. The highest BCUT2D eigenvalue weighted by molar-refractivity contribution is 5.85. The highest BCUT2D eigenvalue weighted by Gasteiger charge is 2.31. The zero-order valence-electron chi connectivity index (χ0n) is 13.8. The number of benzene rings is 1. The molecule has 2 heterocycles. The van der Waals surface area contributed by atoms with Gasteiger partial charge in [-0.15, -0.1) is 24.8 Å². The molecule has 1 aromatic carbocycles. The Kier molecular flexibility index (Phi) is 7.65. The summed E-state index contributed by atoms with van der Waals surface area (Å²) in [6.07, 6.45) is 2.13. The summed E-state index contributed by atoms with van der Waals surface area (Å²) in [7, 11) is 2.12. The second kappa shape index (κ2) is 8.76. The van der Waals surface area contributed by atoms with Gasteiger partial charge in [-0.3, -0.25) is 4.79 Å². The number of hydrogen-bond donors (Lipinski definition) is 1. The first-order chi connectivity index (χ1) is 10.2. The Hall–Kier alpha value is -0.970. The number of hydrogen-bond acceptors (Lipinski definition) is 3. The van der Waals surface area contributed by atoms with Crippen molar-refractivity contribution in [2.75, 3.05) is 31.6 Å². The molecule has 6 heteroatoms. The number of fused-ring (bicyclic) bond motifs is 1. The van der Waals surface area contributed by atoms with Gasteiger partial charge in [0.1, 0.15) is 0 Å². The van der Waals surface area contributed by atoms with Crippen LogP contribution in [0.25, 0.3) is 0 Å². The van der Waals surface area contributed by atoms with E-state index in [0.29, 0.717) is 5.91 Å². The maximum absolute atomic E-state index is 12.9. The third-order valence-electron chi connectivity index (χ3n) is 4.74. The van der Waals surface area contributed by atoms with Gasteiger partial charge in [-0.2, -0.15) is 0 Å². The van der Waals surface area contributed by atoms with Crippen molar-refractivity contribution in [3.05, 3.63) is 29.8 Å². The van der Waals surface area contributed by atoms with E-state index in [9.17, 15) is 4.79 Å².